The largest absolute Gasteiger partial charge is 0.459 e. The highest BCUT2D eigenvalue weighted by Crippen LogP contribution is 2.20. The molecule has 0 bridgehead atoms. The van der Waals surface area contributed by atoms with Crippen molar-refractivity contribution in [2.45, 2.75) is 19.4 Å². The summed E-state index contributed by atoms with van der Waals surface area (Å²) < 4.78 is 5.70. The Morgan fingerprint density at radius 2 is 2.25 bits per heavy atom. The first-order chi connectivity index (χ1) is 9.69. The number of anilines is 2. The zero-order valence-electron chi connectivity index (χ0n) is 11.0. The zero-order chi connectivity index (χ0) is 13.9. The lowest BCUT2D eigenvalue weighted by Crippen LogP contribution is -2.20. The predicted molar refractivity (Wildman–Crippen MR) is 75.6 cm³/mol. The summed E-state index contributed by atoms with van der Waals surface area (Å²) in [5, 5.41) is 13.5. The van der Waals surface area contributed by atoms with E-state index in [2.05, 4.69) is 30.8 Å². The van der Waals surface area contributed by atoms with Crippen molar-refractivity contribution in [2.24, 2.45) is 0 Å². The highest BCUT2D eigenvalue weighted by molar-refractivity contribution is 6.29. The van der Waals surface area contributed by atoms with Crippen LogP contribution in [-0.2, 0) is 0 Å². The van der Waals surface area contributed by atoms with Gasteiger partial charge in [0, 0.05) is 24.4 Å². The number of aryl methyl sites for hydroxylation is 1. The minimum atomic E-state index is 0.0916. The van der Waals surface area contributed by atoms with Gasteiger partial charge in [0.1, 0.15) is 17.1 Å². The second-order valence-electron chi connectivity index (χ2n) is 4.65. The molecule has 2 aromatic rings. The molecule has 7 nitrogen and oxygen atoms in total. The van der Waals surface area contributed by atoms with E-state index in [0.717, 1.165) is 25.2 Å². The second kappa shape index (κ2) is 5.64. The number of nitrogens with one attached hydrogen (secondary N) is 3. The van der Waals surface area contributed by atoms with Crippen molar-refractivity contribution in [2.75, 3.05) is 18.4 Å². The number of aromatic amines is 1. The fourth-order valence-electron chi connectivity index (χ4n) is 2.00. The molecule has 0 amide bonds. The molecule has 20 heavy (non-hydrogen) atoms. The summed E-state index contributed by atoms with van der Waals surface area (Å²) in [4.78, 5) is 8.37. The van der Waals surface area contributed by atoms with E-state index in [1.807, 2.05) is 13.0 Å². The molecule has 3 rings (SSSR count). The SMILES string of the molecule is Cc1cc(Nc2cc(Cl)nc(O[C@H]3CCNC3)n2)n[nH]1. The second-order valence-corrected chi connectivity index (χ2v) is 5.04. The van der Waals surface area contributed by atoms with Gasteiger partial charge in [0.15, 0.2) is 5.82 Å². The Kier molecular flexibility index (Phi) is 3.70. The first-order valence-corrected chi connectivity index (χ1v) is 6.78. The molecule has 8 heteroatoms. The van der Waals surface area contributed by atoms with Gasteiger partial charge in [0.25, 0.3) is 0 Å². The van der Waals surface area contributed by atoms with Gasteiger partial charge in [0.05, 0.1) is 0 Å². The molecule has 1 aliphatic rings. The smallest absolute Gasteiger partial charge is 0.320 e. The third kappa shape index (κ3) is 3.17. The van der Waals surface area contributed by atoms with E-state index in [-0.39, 0.29) is 12.1 Å². The van der Waals surface area contributed by atoms with Crippen molar-refractivity contribution in [3.05, 3.63) is 23.0 Å². The van der Waals surface area contributed by atoms with Crippen LogP contribution in [0.4, 0.5) is 11.6 Å². The van der Waals surface area contributed by atoms with Gasteiger partial charge in [-0.2, -0.15) is 15.1 Å². The van der Waals surface area contributed by atoms with Crippen molar-refractivity contribution in [3.63, 3.8) is 0 Å². The van der Waals surface area contributed by atoms with E-state index < -0.39 is 0 Å². The van der Waals surface area contributed by atoms with Gasteiger partial charge < -0.3 is 15.4 Å². The van der Waals surface area contributed by atoms with Gasteiger partial charge in [-0.1, -0.05) is 11.6 Å². The van der Waals surface area contributed by atoms with Crippen LogP contribution in [0.5, 0.6) is 6.01 Å². The van der Waals surface area contributed by atoms with Crippen molar-refractivity contribution < 1.29 is 4.74 Å². The van der Waals surface area contributed by atoms with Gasteiger partial charge in [0.2, 0.25) is 0 Å². The van der Waals surface area contributed by atoms with Crippen molar-refractivity contribution >= 4 is 23.2 Å². The van der Waals surface area contributed by atoms with Crippen LogP contribution in [0.1, 0.15) is 12.1 Å². The summed E-state index contributed by atoms with van der Waals surface area (Å²) in [6.07, 6.45) is 1.03. The summed E-state index contributed by atoms with van der Waals surface area (Å²) in [5.74, 6) is 1.23. The molecule has 0 aliphatic carbocycles. The van der Waals surface area contributed by atoms with Crippen LogP contribution in [0.15, 0.2) is 12.1 Å². The number of nitrogens with zero attached hydrogens (tertiary/aromatic N) is 3. The average molecular weight is 295 g/mol. The Bertz CT molecular complexity index is 595. The molecule has 1 fully saturated rings. The highest BCUT2D eigenvalue weighted by atomic mass is 35.5. The van der Waals surface area contributed by atoms with Crippen LogP contribution in [0.2, 0.25) is 5.15 Å². The van der Waals surface area contributed by atoms with E-state index in [4.69, 9.17) is 16.3 Å². The first kappa shape index (κ1) is 13.1. The molecule has 0 saturated carbocycles. The molecule has 0 spiro atoms. The molecule has 1 aliphatic heterocycles. The summed E-state index contributed by atoms with van der Waals surface area (Å²) in [7, 11) is 0. The van der Waals surface area contributed by atoms with Crippen LogP contribution in [-0.4, -0.2) is 39.4 Å². The van der Waals surface area contributed by atoms with Crippen LogP contribution >= 0.6 is 11.6 Å². The molecule has 0 unspecified atom stereocenters. The van der Waals surface area contributed by atoms with Gasteiger partial charge in [-0.3, -0.25) is 5.10 Å². The summed E-state index contributed by atoms with van der Waals surface area (Å²) in [6.45, 7) is 3.67. The maximum Gasteiger partial charge on any atom is 0.320 e. The van der Waals surface area contributed by atoms with Crippen LogP contribution in [0.3, 0.4) is 0 Å². The molecule has 3 N–H and O–H groups in total. The van der Waals surface area contributed by atoms with Crippen molar-refractivity contribution in [1.29, 1.82) is 0 Å². The van der Waals surface area contributed by atoms with Crippen LogP contribution < -0.4 is 15.4 Å². The number of hydrogen-bond donors (Lipinski definition) is 3. The molecule has 1 atom stereocenters. The number of H-pyrrole nitrogens is 1. The first-order valence-electron chi connectivity index (χ1n) is 6.40. The lowest BCUT2D eigenvalue weighted by Gasteiger charge is -2.11. The molecule has 0 radical (unpaired) electrons. The summed E-state index contributed by atoms with van der Waals surface area (Å²) >= 11 is 5.99. The highest BCUT2D eigenvalue weighted by Gasteiger charge is 2.18. The van der Waals surface area contributed by atoms with E-state index in [1.54, 1.807) is 6.07 Å². The molecule has 106 valence electrons. The van der Waals surface area contributed by atoms with E-state index in [1.165, 1.54) is 0 Å². The Morgan fingerprint density at radius 3 is 2.95 bits per heavy atom. The summed E-state index contributed by atoms with van der Waals surface area (Å²) in [6, 6.07) is 3.78. The maximum absolute atomic E-state index is 5.99. The Balaban J connectivity index is 1.75. The lowest BCUT2D eigenvalue weighted by molar-refractivity contribution is 0.205. The number of ether oxygens (including phenoxy) is 1. The fourth-order valence-corrected chi connectivity index (χ4v) is 2.18. The number of hydrogen-bond acceptors (Lipinski definition) is 6. The normalized spacial score (nSPS) is 18.2. The van der Waals surface area contributed by atoms with E-state index in [9.17, 15) is 0 Å². The molecule has 0 aromatic carbocycles. The fraction of sp³-hybridized carbons (Fsp3) is 0.417. The molecular weight excluding hydrogens is 280 g/mol. The van der Waals surface area contributed by atoms with Gasteiger partial charge in [-0.25, -0.2) is 0 Å². The Morgan fingerprint density at radius 1 is 1.35 bits per heavy atom. The lowest BCUT2D eigenvalue weighted by atomic mass is 10.3. The standard InChI is InChI=1S/C12H15ClN6O/c1-7-4-11(19-18-7)16-10-5-9(13)15-12(17-10)20-8-2-3-14-6-8/h4-5,8,14H,2-3,6H2,1H3,(H2,15,16,17,18,19)/t8-/m0/s1. The maximum atomic E-state index is 5.99. The van der Waals surface area contributed by atoms with E-state index in [0.29, 0.717) is 16.8 Å². The third-order valence-electron chi connectivity index (χ3n) is 2.92. The minimum Gasteiger partial charge on any atom is -0.459 e. The Labute approximate surface area is 121 Å². The number of rotatable bonds is 4. The summed E-state index contributed by atoms with van der Waals surface area (Å²) in [5.41, 5.74) is 0.959. The van der Waals surface area contributed by atoms with Crippen LogP contribution in [0, 0.1) is 6.92 Å². The predicted octanol–water partition coefficient (Wildman–Crippen LogP) is 1.65. The van der Waals surface area contributed by atoms with Crippen molar-refractivity contribution in [3.8, 4) is 6.01 Å². The van der Waals surface area contributed by atoms with Gasteiger partial charge >= 0.3 is 6.01 Å². The van der Waals surface area contributed by atoms with Crippen molar-refractivity contribution in [1.82, 2.24) is 25.5 Å². The number of halogens is 1. The molecule has 3 heterocycles. The van der Waals surface area contributed by atoms with Gasteiger partial charge in [-0.15, -0.1) is 0 Å². The van der Waals surface area contributed by atoms with E-state index >= 15 is 0 Å². The van der Waals surface area contributed by atoms with Gasteiger partial charge in [-0.05, 0) is 19.9 Å². The number of aromatic nitrogens is 4. The molecular formula is C12H15ClN6O. The minimum absolute atomic E-state index is 0.0916. The molecule has 1 saturated heterocycles. The third-order valence-corrected chi connectivity index (χ3v) is 3.12. The monoisotopic (exact) mass is 294 g/mol. The van der Waals surface area contributed by atoms with Crippen LogP contribution in [0.25, 0.3) is 0 Å². The topological polar surface area (TPSA) is 87.8 Å². The quantitative estimate of drug-likeness (QED) is 0.743. The Hall–Kier alpha value is -1.86. The average Bonchev–Trinajstić information content (AvgIpc) is 3.01. The zero-order valence-corrected chi connectivity index (χ0v) is 11.7. The molecule has 2 aromatic heterocycles.